The lowest BCUT2D eigenvalue weighted by atomic mass is 10.0. The number of hydrogen-bond donors (Lipinski definition) is 2. The molecule has 1 aliphatic carbocycles. The van der Waals surface area contributed by atoms with Gasteiger partial charge in [-0.15, -0.1) is 0 Å². The summed E-state index contributed by atoms with van der Waals surface area (Å²) in [6, 6.07) is 5.65. The van der Waals surface area contributed by atoms with Crippen LogP contribution in [0.2, 0.25) is 0 Å². The minimum atomic E-state index is -0.641. The summed E-state index contributed by atoms with van der Waals surface area (Å²) in [6.07, 6.45) is 6.11. The first-order chi connectivity index (χ1) is 9.66. The maximum Gasteiger partial charge on any atom is 0.272 e. The highest BCUT2D eigenvalue weighted by atomic mass is 19.1. The van der Waals surface area contributed by atoms with E-state index in [-0.39, 0.29) is 11.5 Å². The van der Waals surface area contributed by atoms with Gasteiger partial charge in [0.05, 0.1) is 5.56 Å². The predicted octanol–water partition coefficient (Wildman–Crippen LogP) is 2.56. The number of nitrogens with one attached hydrogen (secondary N) is 2. The summed E-state index contributed by atoms with van der Waals surface area (Å²) in [5.41, 5.74) is 4.48. The SMILES string of the molecule is O=C(CCC1CCCC1)NNC(=O)c1ccccc1F. The van der Waals surface area contributed by atoms with E-state index < -0.39 is 11.7 Å². The van der Waals surface area contributed by atoms with Crippen LogP contribution in [0.1, 0.15) is 48.9 Å². The van der Waals surface area contributed by atoms with Crippen LogP contribution in [0.25, 0.3) is 0 Å². The first kappa shape index (κ1) is 14.5. The van der Waals surface area contributed by atoms with E-state index in [1.54, 1.807) is 6.07 Å². The molecule has 0 radical (unpaired) electrons. The van der Waals surface area contributed by atoms with E-state index in [0.717, 1.165) is 6.42 Å². The number of hydrazine groups is 1. The summed E-state index contributed by atoms with van der Waals surface area (Å²) < 4.78 is 13.3. The van der Waals surface area contributed by atoms with Crippen molar-refractivity contribution in [3.05, 3.63) is 35.6 Å². The molecule has 2 N–H and O–H groups in total. The third-order valence-corrected chi connectivity index (χ3v) is 3.69. The molecule has 108 valence electrons. The van der Waals surface area contributed by atoms with Crippen LogP contribution in [0.4, 0.5) is 4.39 Å². The van der Waals surface area contributed by atoms with Gasteiger partial charge in [0.1, 0.15) is 5.82 Å². The van der Waals surface area contributed by atoms with Crippen LogP contribution >= 0.6 is 0 Å². The number of amides is 2. The lowest BCUT2D eigenvalue weighted by Gasteiger charge is -2.10. The zero-order valence-electron chi connectivity index (χ0n) is 11.3. The summed E-state index contributed by atoms with van der Waals surface area (Å²) in [7, 11) is 0. The van der Waals surface area contributed by atoms with Crippen LogP contribution in [0, 0.1) is 11.7 Å². The third-order valence-electron chi connectivity index (χ3n) is 3.69. The Hall–Kier alpha value is -1.91. The van der Waals surface area contributed by atoms with Crippen LogP contribution in [0.5, 0.6) is 0 Å². The molecular weight excluding hydrogens is 259 g/mol. The second-order valence-electron chi connectivity index (χ2n) is 5.17. The molecule has 4 nitrogen and oxygen atoms in total. The van der Waals surface area contributed by atoms with E-state index in [2.05, 4.69) is 10.9 Å². The van der Waals surface area contributed by atoms with Crippen molar-refractivity contribution in [1.29, 1.82) is 0 Å². The molecule has 0 atom stereocenters. The predicted molar refractivity (Wildman–Crippen MR) is 73.2 cm³/mol. The quantitative estimate of drug-likeness (QED) is 0.832. The molecule has 0 bridgehead atoms. The highest BCUT2D eigenvalue weighted by Crippen LogP contribution is 2.28. The molecule has 0 unspecified atom stereocenters. The van der Waals surface area contributed by atoms with E-state index >= 15 is 0 Å². The molecule has 1 aromatic rings. The van der Waals surface area contributed by atoms with E-state index in [1.807, 2.05) is 0 Å². The van der Waals surface area contributed by atoms with Crippen molar-refractivity contribution < 1.29 is 14.0 Å². The highest BCUT2D eigenvalue weighted by Gasteiger charge is 2.16. The van der Waals surface area contributed by atoms with Crippen molar-refractivity contribution >= 4 is 11.8 Å². The van der Waals surface area contributed by atoms with Gasteiger partial charge in [-0.3, -0.25) is 20.4 Å². The van der Waals surface area contributed by atoms with E-state index in [4.69, 9.17) is 0 Å². The van der Waals surface area contributed by atoms with Gasteiger partial charge in [-0.05, 0) is 24.5 Å². The number of carbonyl (C=O) groups excluding carboxylic acids is 2. The molecule has 0 spiro atoms. The van der Waals surface area contributed by atoms with Gasteiger partial charge in [0.2, 0.25) is 5.91 Å². The van der Waals surface area contributed by atoms with Gasteiger partial charge in [0.15, 0.2) is 0 Å². The van der Waals surface area contributed by atoms with Gasteiger partial charge < -0.3 is 0 Å². The number of benzene rings is 1. The van der Waals surface area contributed by atoms with Gasteiger partial charge in [0, 0.05) is 6.42 Å². The van der Waals surface area contributed by atoms with E-state index in [1.165, 1.54) is 43.9 Å². The van der Waals surface area contributed by atoms with Crippen LogP contribution in [-0.4, -0.2) is 11.8 Å². The van der Waals surface area contributed by atoms with Gasteiger partial charge in [0.25, 0.3) is 5.91 Å². The average molecular weight is 278 g/mol. The number of hydrogen-bond acceptors (Lipinski definition) is 2. The monoisotopic (exact) mass is 278 g/mol. The molecule has 20 heavy (non-hydrogen) atoms. The molecule has 0 aliphatic heterocycles. The van der Waals surface area contributed by atoms with E-state index in [0.29, 0.717) is 12.3 Å². The molecule has 0 aromatic heterocycles. The maximum absolute atomic E-state index is 13.3. The fourth-order valence-electron chi connectivity index (χ4n) is 2.54. The number of carbonyl (C=O) groups is 2. The molecule has 1 saturated carbocycles. The Kier molecular flexibility index (Phi) is 5.09. The lowest BCUT2D eigenvalue weighted by Crippen LogP contribution is -2.41. The molecule has 1 fully saturated rings. The Morgan fingerprint density at radius 2 is 1.85 bits per heavy atom. The summed E-state index contributed by atoms with van der Waals surface area (Å²) in [5.74, 6) is -0.855. The number of halogens is 1. The third kappa shape index (κ3) is 4.05. The van der Waals surface area contributed by atoms with Crippen LogP contribution in [0.3, 0.4) is 0 Å². The van der Waals surface area contributed by atoms with Gasteiger partial charge in [-0.25, -0.2) is 4.39 Å². The zero-order chi connectivity index (χ0) is 14.4. The fourth-order valence-corrected chi connectivity index (χ4v) is 2.54. The van der Waals surface area contributed by atoms with Crippen LogP contribution < -0.4 is 10.9 Å². The lowest BCUT2D eigenvalue weighted by molar-refractivity contribution is -0.122. The van der Waals surface area contributed by atoms with Crippen molar-refractivity contribution in [3.63, 3.8) is 0 Å². The van der Waals surface area contributed by atoms with Crippen molar-refractivity contribution in [2.45, 2.75) is 38.5 Å². The second-order valence-corrected chi connectivity index (χ2v) is 5.17. The fraction of sp³-hybridized carbons (Fsp3) is 0.467. The first-order valence-electron chi connectivity index (χ1n) is 7.00. The standard InChI is InChI=1S/C15H19FN2O2/c16-13-8-4-3-7-12(13)15(20)18-17-14(19)10-9-11-5-1-2-6-11/h3-4,7-8,11H,1-2,5-6,9-10H2,(H,17,19)(H,18,20). The second kappa shape index (κ2) is 7.03. The van der Waals surface area contributed by atoms with Gasteiger partial charge >= 0.3 is 0 Å². The zero-order valence-corrected chi connectivity index (χ0v) is 11.3. The molecular formula is C15H19FN2O2. The highest BCUT2D eigenvalue weighted by molar-refractivity contribution is 5.95. The van der Waals surface area contributed by atoms with Gasteiger partial charge in [-0.2, -0.15) is 0 Å². The van der Waals surface area contributed by atoms with Crippen molar-refractivity contribution in [2.75, 3.05) is 0 Å². The van der Waals surface area contributed by atoms with Crippen LogP contribution in [0.15, 0.2) is 24.3 Å². The molecule has 0 heterocycles. The molecule has 2 rings (SSSR count). The molecule has 1 aliphatic rings. The smallest absolute Gasteiger partial charge is 0.272 e. The summed E-state index contributed by atoms with van der Waals surface area (Å²) >= 11 is 0. The summed E-state index contributed by atoms with van der Waals surface area (Å²) in [6.45, 7) is 0. The van der Waals surface area contributed by atoms with Crippen LogP contribution in [-0.2, 0) is 4.79 Å². The average Bonchev–Trinajstić information content (AvgIpc) is 2.96. The first-order valence-corrected chi connectivity index (χ1v) is 7.00. The Labute approximate surface area is 117 Å². The maximum atomic E-state index is 13.3. The Morgan fingerprint density at radius 3 is 2.55 bits per heavy atom. The van der Waals surface area contributed by atoms with E-state index in [9.17, 15) is 14.0 Å². The molecule has 1 aromatic carbocycles. The Balaban J connectivity index is 1.72. The summed E-state index contributed by atoms with van der Waals surface area (Å²) in [5, 5.41) is 0. The normalized spacial score (nSPS) is 15.1. The van der Waals surface area contributed by atoms with Gasteiger partial charge in [-0.1, -0.05) is 37.8 Å². The van der Waals surface area contributed by atoms with Crippen molar-refractivity contribution in [2.24, 2.45) is 5.92 Å². The minimum Gasteiger partial charge on any atom is -0.273 e. The largest absolute Gasteiger partial charge is 0.273 e. The number of rotatable bonds is 4. The molecule has 2 amide bonds. The van der Waals surface area contributed by atoms with Crippen molar-refractivity contribution in [3.8, 4) is 0 Å². The Morgan fingerprint density at radius 1 is 1.15 bits per heavy atom. The Bertz CT molecular complexity index is 485. The minimum absolute atomic E-state index is 0.0800. The summed E-state index contributed by atoms with van der Waals surface area (Å²) in [4.78, 5) is 23.3. The topological polar surface area (TPSA) is 58.2 Å². The van der Waals surface area contributed by atoms with Crippen molar-refractivity contribution in [1.82, 2.24) is 10.9 Å². The molecule has 5 heteroatoms. The molecule has 0 saturated heterocycles.